The number of anilines is 1. The first-order valence-corrected chi connectivity index (χ1v) is 11.1. The van der Waals surface area contributed by atoms with E-state index in [1.165, 1.54) is 14.0 Å². The van der Waals surface area contributed by atoms with Crippen molar-refractivity contribution >= 4 is 21.6 Å². The number of ether oxygens (including phenoxy) is 1. The Hall–Kier alpha value is -3.29. The molecular weight excluding hydrogens is 475 g/mol. The van der Waals surface area contributed by atoms with Gasteiger partial charge in [0.25, 0.3) is 5.91 Å². The summed E-state index contributed by atoms with van der Waals surface area (Å²) < 4.78 is 94.3. The molecule has 0 saturated heterocycles. The molecule has 2 N–H and O–H groups in total. The number of nitrogens with one attached hydrogen (secondary N) is 2. The van der Waals surface area contributed by atoms with Crippen molar-refractivity contribution < 1.29 is 39.9 Å². The number of carbonyl (C=O) groups is 1. The van der Waals surface area contributed by atoms with E-state index >= 15 is 0 Å². The molecule has 0 aliphatic heterocycles. The largest absolute Gasteiger partial charge is 0.496 e. The Morgan fingerprint density at radius 2 is 1.94 bits per heavy atom. The van der Waals surface area contributed by atoms with E-state index in [-0.39, 0.29) is 11.3 Å². The van der Waals surface area contributed by atoms with Gasteiger partial charge in [-0.2, -0.15) is 13.2 Å². The Morgan fingerprint density at radius 1 is 1.27 bits per heavy atom. The Labute approximate surface area is 185 Å². The zero-order valence-electron chi connectivity index (χ0n) is 17.5. The van der Waals surface area contributed by atoms with Crippen molar-refractivity contribution in [1.29, 1.82) is 0 Å². The molecule has 1 amide bonds. The quantitative estimate of drug-likeness (QED) is 0.543. The maximum atomic E-state index is 14.2. The van der Waals surface area contributed by atoms with Gasteiger partial charge < -0.3 is 15.4 Å². The van der Waals surface area contributed by atoms with Crippen molar-refractivity contribution in [1.82, 2.24) is 15.3 Å². The molecule has 0 saturated carbocycles. The highest BCUT2D eigenvalue weighted by atomic mass is 32.2. The lowest BCUT2D eigenvalue weighted by atomic mass is 10.1. The number of nitrogens with zero attached hydrogens (tertiary/aromatic N) is 2. The van der Waals surface area contributed by atoms with E-state index in [1.54, 1.807) is 0 Å². The predicted octanol–water partition coefficient (Wildman–Crippen LogP) is 3.07. The molecule has 33 heavy (non-hydrogen) atoms. The summed E-state index contributed by atoms with van der Waals surface area (Å²) >= 11 is 0. The zero-order valence-corrected chi connectivity index (χ0v) is 18.3. The fourth-order valence-electron chi connectivity index (χ4n) is 2.52. The summed E-state index contributed by atoms with van der Waals surface area (Å²) in [5.74, 6) is -5.72. The lowest BCUT2D eigenvalue weighted by Gasteiger charge is -2.16. The number of amides is 1. The topological polar surface area (TPSA) is 110 Å². The highest BCUT2D eigenvalue weighted by Gasteiger charge is 2.36. The monoisotopic (exact) mass is 494 g/mol. The van der Waals surface area contributed by atoms with E-state index < -0.39 is 63.3 Å². The van der Waals surface area contributed by atoms with Crippen LogP contribution in [0.25, 0.3) is 0 Å². The molecule has 14 heteroatoms. The van der Waals surface area contributed by atoms with E-state index in [4.69, 9.17) is 4.74 Å². The second-order valence-electron chi connectivity index (χ2n) is 6.77. The number of benzene rings is 1. The lowest BCUT2D eigenvalue weighted by molar-refractivity contribution is -0.144. The van der Waals surface area contributed by atoms with Crippen LogP contribution in [0.3, 0.4) is 0 Å². The summed E-state index contributed by atoms with van der Waals surface area (Å²) in [5, 5.41) is 5.59. The first kappa shape index (κ1) is 26.0. The lowest BCUT2D eigenvalue weighted by Crippen LogP contribution is -2.32. The number of hydrogen-bond donors (Lipinski definition) is 2. The number of halogens is 5. The number of carbonyl (C=O) groups excluding carboxylic acids is 1. The van der Waals surface area contributed by atoms with Crippen LogP contribution in [-0.4, -0.2) is 43.7 Å². The van der Waals surface area contributed by atoms with Gasteiger partial charge in [0, 0.05) is 30.4 Å². The summed E-state index contributed by atoms with van der Waals surface area (Å²) in [4.78, 5) is 19.0. The molecule has 1 aromatic heterocycles. The van der Waals surface area contributed by atoms with Gasteiger partial charge in [-0.25, -0.2) is 27.2 Å². The maximum absolute atomic E-state index is 14.2. The molecule has 0 unspecified atom stereocenters. The molecule has 0 bridgehead atoms. The van der Waals surface area contributed by atoms with Gasteiger partial charge in [-0.3, -0.25) is 4.79 Å². The SMILES string of the molecule is COc1ccc(F)c(F)c1CNc1nc(C(F)(F)F)ncc1C(=O)N[C@@H](C)/C=C/S(C)(=O)=O. The maximum Gasteiger partial charge on any atom is 0.451 e. The molecule has 180 valence electrons. The number of rotatable bonds is 8. The minimum atomic E-state index is -4.95. The van der Waals surface area contributed by atoms with E-state index in [0.717, 1.165) is 29.9 Å². The molecule has 1 heterocycles. The third-order valence-corrected chi connectivity index (χ3v) is 4.72. The number of hydrogen-bond acceptors (Lipinski definition) is 7. The van der Waals surface area contributed by atoms with Crippen molar-refractivity contribution in [2.24, 2.45) is 0 Å². The minimum Gasteiger partial charge on any atom is -0.496 e. The van der Waals surface area contributed by atoms with Crippen LogP contribution in [0.1, 0.15) is 28.7 Å². The second-order valence-corrected chi connectivity index (χ2v) is 8.70. The van der Waals surface area contributed by atoms with Crippen molar-refractivity contribution in [3.8, 4) is 5.75 Å². The fraction of sp³-hybridized carbons (Fsp3) is 0.316. The molecule has 8 nitrogen and oxygen atoms in total. The van der Waals surface area contributed by atoms with Crippen molar-refractivity contribution in [3.05, 3.63) is 58.4 Å². The summed E-state index contributed by atoms with van der Waals surface area (Å²) in [7, 11) is -2.29. The van der Waals surface area contributed by atoms with Crippen molar-refractivity contribution in [3.63, 3.8) is 0 Å². The molecule has 2 rings (SSSR count). The Balaban J connectivity index is 2.39. The van der Waals surface area contributed by atoms with Crippen LogP contribution in [0.4, 0.5) is 27.8 Å². The van der Waals surface area contributed by atoms with Crippen molar-refractivity contribution in [2.75, 3.05) is 18.7 Å². The number of alkyl halides is 3. The summed E-state index contributed by atoms with van der Waals surface area (Å²) in [6.45, 7) is 0.843. The number of sulfone groups is 1. The average Bonchev–Trinajstić information content (AvgIpc) is 2.72. The minimum absolute atomic E-state index is 0.0861. The number of methoxy groups -OCH3 is 1. The van der Waals surface area contributed by atoms with E-state index in [1.807, 2.05) is 0 Å². The first-order chi connectivity index (χ1) is 15.2. The van der Waals surface area contributed by atoms with Gasteiger partial charge in [-0.05, 0) is 19.1 Å². The summed E-state index contributed by atoms with van der Waals surface area (Å²) in [6, 6.07) is 1.11. The van der Waals surface area contributed by atoms with Gasteiger partial charge >= 0.3 is 6.18 Å². The van der Waals surface area contributed by atoms with E-state index in [9.17, 15) is 35.2 Å². The van der Waals surface area contributed by atoms with Gasteiger partial charge in [-0.15, -0.1) is 0 Å². The van der Waals surface area contributed by atoms with Crippen LogP contribution in [0, 0.1) is 11.6 Å². The molecule has 2 aromatic rings. The van der Waals surface area contributed by atoms with Crippen molar-refractivity contribution in [2.45, 2.75) is 25.7 Å². The first-order valence-electron chi connectivity index (χ1n) is 9.11. The van der Waals surface area contributed by atoms with Crippen LogP contribution in [0.15, 0.2) is 29.8 Å². The van der Waals surface area contributed by atoms with E-state index in [0.29, 0.717) is 6.20 Å². The summed E-state index contributed by atoms with van der Waals surface area (Å²) in [5.41, 5.74) is -0.793. The van der Waals surface area contributed by atoms with Crippen LogP contribution in [0.2, 0.25) is 0 Å². The zero-order chi connectivity index (χ0) is 25.0. The molecule has 1 aromatic carbocycles. The van der Waals surface area contributed by atoms with Crippen LogP contribution in [0.5, 0.6) is 5.75 Å². The van der Waals surface area contributed by atoms with Gasteiger partial charge in [-0.1, -0.05) is 6.08 Å². The standard InChI is InChI=1S/C19H19F5N4O4S/c1-10(6-7-33(3,30)31)27-17(29)12-9-26-18(19(22,23)24)28-16(12)25-8-11-14(32-2)5-4-13(20)15(11)21/h4-7,9-10H,8H2,1-3H3,(H,27,29)(H,25,26,28)/b7-6+/t10-/m0/s1. The molecular formula is C19H19F5N4O4S. The highest BCUT2D eigenvalue weighted by Crippen LogP contribution is 2.29. The Morgan fingerprint density at radius 3 is 2.52 bits per heavy atom. The predicted molar refractivity (Wildman–Crippen MR) is 108 cm³/mol. The normalized spacial score (nSPS) is 13.1. The molecule has 0 aliphatic carbocycles. The smallest absolute Gasteiger partial charge is 0.451 e. The van der Waals surface area contributed by atoms with Crippen LogP contribution >= 0.6 is 0 Å². The third kappa shape index (κ3) is 7.10. The Bertz CT molecular complexity index is 1170. The summed E-state index contributed by atoms with van der Waals surface area (Å²) in [6.07, 6.45) is -2.25. The van der Waals surface area contributed by atoms with E-state index in [2.05, 4.69) is 20.6 Å². The van der Waals surface area contributed by atoms with Gasteiger partial charge in [0.2, 0.25) is 5.82 Å². The molecule has 0 aliphatic rings. The molecule has 0 spiro atoms. The van der Waals surface area contributed by atoms with Gasteiger partial charge in [0.15, 0.2) is 21.5 Å². The van der Waals surface area contributed by atoms with Gasteiger partial charge in [0.05, 0.1) is 12.7 Å². The second kappa shape index (κ2) is 10.1. The molecule has 1 atom stereocenters. The van der Waals surface area contributed by atoms with Gasteiger partial charge in [0.1, 0.15) is 17.1 Å². The third-order valence-electron chi connectivity index (χ3n) is 4.07. The number of aromatic nitrogens is 2. The van der Waals surface area contributed by atoms with Crippen LogP contribution in [-0.2, 0) is 22.6 Å². The Kier molecular flexibility index (Phi) is 7.95. The fourth-order valence-corrected chi connectivity index (χ4v) is 3.04. The average molecular weight is 494 g/mol. The molecule has 0 fully saturated rings. The van der Waals surface area contributed by atoms with Crippen LogP contribution < -0.4 is 15.4 Å². The molecule has 0 radical (unpaired) electrons. The highest BCUT2D eigenvalue weighted by molar-refractivity contribution is 7.93.